The Labute approximate surface area is 246 Å². The van der Waals surface area contributed by atoms with Crippen molar-refractivity contribution in [1.29, 1.82) is 0 Å². The molecule has 1 aliphatic heterocycles. The number of halogens is 8. The zero-order valence-corrected chi connectivity index (χ0v) is 23.6. The number of sulfone groups is 1. The van der Waals surface area contributed by atoms with Gasteiger partial charge in [0.1, 0.15) is 29.6 Å². The molecule has 17 heteroatoms. The SMILES string of the molecule is CS(=O)(=O)CC(=O)NC1=C(c2ccc(OCC(F)F)cc2)CC(c2ccc(OCCCC(F)(F)F)cc2)(C(F)(F)F)NC1=O. The topological polar surface area (TPSA) is 111 Å². The summed E-state index contributed by atoms with van der Waals surface area (Å²) >= 11 is 0. The first kappa shape index (κ1) is 34.6. The summed E-state index contributed by atoms with van der Waals surface area (Å²) in [6, 6.07) is 8.79. The number of hydrogen-bond donors (Lipinski definition) is 2. The lowest BCUT2D eigenvalue weighted by Crippen LogP contribution is -2.60. The molecular formula is C27H26F8N2O6S. The van der Waals surface area contributed by atoms with Crippen LogP contribution in [0.5, 0.6) is 11.5 Å². The third-order valence-electron chi connectivity index (χ3n) is 6.24. The first-order valence-electron chi connectivity index (χ1n) is 12.7. The molecule has 0 aromatic heterocycles. The van der Waals surface area contributed by atoms with Gasteiger partial charge in [-0.15, -0.1) is 0 Å². The van der Waals surface area contributed by atoms with E-state index in [0.29, 0.717) is 0 Å². The molecule has 2 aromatic rings. The van der Waals surface area contributed by atoms with Gasteiger partial charge in [-0.2, -0.15) is 26.3 Å². The smallest absolute Gasteiger partial charge is 0.416 e. The fourth-order valence-corrected chi connectivity index (χ4v) is 4.85. The van der Waals surface area contributed by atoms with E-state index >= 15 is 0 Å². The van der Waals surface area contributed by atoms with Crippen molar-refractivity contribution in [3.05, 3.63) is 65.4 Å². The summed E-state index contributed by atoms with van der Waals surface area (Å²) in [4.78, 5) is 25.6. The van der Waals surface area contributed by atoms with E-state index < -0.39 is 82.4 Å². The van der Waals surface area contributed by atoms with Gasteiger partial charge in [-0.1, -0.05) is 24.3 Å². The van der Waals surface area contributed by atoms with Crippen molar-refractivity contribution in [1.82, 2.24) is 10.6 Å². The summed E-state index contributed by atoms with van der Waals surface area (Å²) in [5, 5.41) is 3.95. The van der Waals surface area contributed by atoms with Gasteiger partial charge >= 0.3 is 12.4 Å². The maximum Gasteiger partial charge on any atom is 0.416 e. The molecule has 8 nitrogen and oxygen atoms in total. The number of benzene rings is 2. The molecule has 1 heterocycles. The highest BCUT2D eigenvalue weighted by molar-refractivity contribution is 7.91. The quantitative estimate of drug-likeness (QED) is 0.248. The van der Waals surface area contributed by atoms with Gasteiger partial charge in [0.2, 0.25) is 5.91 Å². The number of amides is 2. The van der Waals surface area contributed by atoms with Crippen LogP contribution in [0, 0.1) is 0 Å². The Kier molecular flexibility index (Phi) is 10.5. The minimum Gasteiger partial charge on any atom is -0.494 e. The predicted octanol–water partition coefficient (Wildman–Crippen LogP) is 4.90. The standard InChI is InChI=1S/C27H26F8N2O6S/c1-44(40,41)15-22(38)36-23-20(16-3-7-19(8-4-16)43-14-21(28)29)13-25(27(33,34)35,37-24(23)39)17-5-9-18(10-6-17)42-12-2-11-26(30,31)32/h3-10,21H,2,11-15H2,1H3,(H,36,38)(H,37,39). The maximum absolute atomic E-state index is 14.8. The van der Waals surface area contributed by atoms with E-state index in [1.165, 1.54) is 12.1 Å². The number of nitrogens with one attached hydrogen (secondary N) is 2. The molecule has 1 aliphatic rings. The summed E-state index contributed by atoms with van der Waals surface area (Å²) in [5.41, 5.74) is -4.65. The Morgan fingerprint density at radius 1 is 0.977 bits per heavy atom. The fraction of sp³-hybridized carbons (Fsp3) is 0.407. The summed E-state index contributed by atoms with van der Waals surface area (Å²) in [6.07, 6.45) is -14.2. The van der Waals surface area contributed by atoms with Crippen LogP contribution in [-0.4, -0.2) is 64.2 Å². The Bertz CT molecular complexity index is 1470. The number of carbonyl (C=O) groups excluding carboxylic acids is 2. The van der Waals surface area contributed by atoms with E-state index in [2.05, 4.69) is 5.32 Å². The van der Waals surface area contributed by atoms with Gasteiger partial charge in [-0.3, -0.25) is 9.59 Å². The molecule has 0 spiro atoms. The van der Waals surface area contributed by atoms with Crippen molar-refractivity contribution in [2.24, 2.45) is 0 Å². The molecule has 0 saturated heterocycles. The molecular weight excluding hydrogens is 632 g/mol. The normalized spacial score (nSPS) is 17.8. The lowest BCUT2D eigenvalue weighted by atomic mass is 9.77. The predicted molar refractivity (Wildman–Crippen MR) is 140 cm³/mol. The van der Waals surface area contributed by atoms with Crippen LogP contribution in [0.1, 0.15) is 30.4 Å². The number of ether oxygens (including phenoxy) is 2. The zero-order chi connectivity index (χ0) is 32.9. The van der Waals surface area contributed by atoms with Crippen LogP contribution in [0.4, 0.5) is 35.1 Å². The van der Waals surface area contributed by atoms with Gasteiger partial charge in [-0.05, 0) is 47.4 Å². The van der Waals surface area contributed by atoms with Crippen LogP contribution in [-0.2, 0) is 25.0 Å². The van der Waals surface area contributed by atoms with Crippen LogP contribution < -0.4 is 20.1 Å². The molecule has 0 bridgehead atoms. The first-order chi connectivity index (χ1) is 20.3. The Morgan fingerprint density at radius 3 is 2.07 bits per heavy atom. The molecule has 2 aromatic carbocycles. The van der Waals surface area contributed by atoms with Crippen molar-refractivity contribution in [3.63, 3.8) is 0 Å². The molecule has 0 radical (unpaired) electrons. The van der Waals surface area contributed by atoms with Gasteiger partial charge in [0.05, 0.1) is 6.61 Å². The van der Waals surface area contributed by atoms with Gasteiger partial charge in [0, 0.05) is 19.1 Å². The number of rotatable bonds is 12. The van der Waals surface area contributed by atoms with Crippen LogP contribution >= 0.6 is 0 Å². The highest BCUT2D eigenvalue weighted by Crippen LogP contribution is 2.48. The summed E-state index contributed by atoms with van der Waals surface area (Å²) < 4.78 is 140. The second kappa shape index (κ2) is 13.4. The second-order valence-corrected chi connectivity index (χ2v) is 12.0. The lowest BCUT2D eigenvalue weighted by molar-refractivity contribution is -0.201. The number of alkyl halides is 8. The molecule has 1 atom stereocenters. The Hall–Kier alpha value is -3.89. The minimum absolute atomic E-state index is 0.0285. The van der Waals surface area contributed by atoms with Gasteiger partial charge < -0.3 is 20.1 Å². The highest BCUT2D eigenvalue weighted by Gasteiger charge is 2.59. The Balaban J connectivity index is 2.02. The molecule has 44 heavy (non-hydrogen) atoms. The maximum atomic E-state index is 14.8. The van der Waals surface area contributed by atoms with E-state index in [4.69, 9.17) is 9.47 Å². The highest BCUT2D eigenvalue weighted by atomic mass is 32.2. The van der Waals surface area contributed by atoms with Crippen LogP contribution in [0.3, 0.4) is 0 Å². The van der Waals surface area contributed by atoms with E-state index in [1.807, 2.05) is 5.32 Å². The van der Waals surface area contributed by atoms with Gasteiger partial charge in [0.25, 0.3) is 12.3 Å². The van der Waals surface area contributed by atoms with E-state index in [1.54, 1.807) is 0 Å². The van der Waals surface area contributed by atoms with Crippen molar-refractivity contribution < 1.29 is 62.6 Å². The lowest BCUT2D eigenvalue weighted by Gasteiger charge is -2.41. The largest absolute Gasteiger partial charge is 0.494 e. The van der Waals surface area contributed by atoms with E-state index in [9.17, 15) is 53.1 Å². The second-order valence-electron chi connectivity index (χ2n) is 9.82. The van der Waals surface area contributed by atoms with Crippen molar-refractivity contribution in [2.75, 3.05) is 25.2 Å². The summed E-state index contributed by atoms with van der Waals surface area (Å²) in [7, 11) is -3.89. The average Bonchev–Trinajstić information content (AvgIpc) is 2.89. The molecule has 0 saturated carbocycles. The first-order valence-corrected chi connectivity index (χ1v) is 14.8. The molecule has 3 rings (SSSR count). The molecule has 242 valence electrons. The summed E-state index contributed by atoms with van der Waals surface area (Å²) in [6.45, 7) is -1.32. The van der Waals surface area contributed by atoms with Crippen molar-refractivity contribution >= 4 is 27.2 Å². The van der Waals surface area contributed by atoms with E-state index in [0.717, 1.165) is 42.7 Å². The number of carbonyl (C=O) groups is 2. The molecule has 0 aliphatic carbocycles. The van der Waals surface area contributed by atoms with Crippen LogP contribution in [0.25, 0.3) is 5.57 Å². The average molecular weight is 659 g/mol. The van der Waals surface area contributed by atoms with Crippen molar-refractivity contribution in [2.45, 2.75) is 43.6 Å². The molecule has 0 fully saturated rings. The Morgan fingerprint density at radius 2 is 1.55 bits per heavy atom. The van der Waals surface area contributed by atoms with Gasteiger partial charge in [-0.25, -0.2) is 17.2 Å². The number of hydrogen-bond acceptors (Lipinski definition) is 6. The summed E-state index contributed by atoms with van der Waals surface area (Å²) in [5.74, 6) is -3.77. The zero-order valence-electron chi connectivity index (χ0n) is 22.8. The van der Waals surface area contributed by atoms with Crippen LogP contribution in [0.2, 0.25) is 0 Å². The van der Waals surface area contributed by atoms with Crippen molar-refractivity contribution in [3.8, 4) is 11.5 Å². The molecule has 2 N–H and O–H groups in total. The van der Waals surface area contributed by atoms with E-state index in [-0.39, 0.29) is 35.7 Å². The third-order valence-corrected chi connectivity index (χ3v) is 7.03. The minimum atomic E-state index is -5.16. The van der Waals surface area contributed by atoms with Crippen LogP contribution in [0.15, 0.2) is 54.2 Å². The molecule has 1 unspecified atom stereocenters. The molecule has 2 amide bonds. The van der Waals surface area contributed by atoms with Gasteiger partial charge in [0.15, 0.2) is 15.4 Å². The monoisotopic (exact) mass is 658 g/mol. The third kappa shape index (κ3) is 9.30. The fourth-order valence-electron chi connectivity index (χ4n) is 4.30.